The lowest BCUT2D eigenvalue weighted by molar-refractivity contribution is -0.0241. The highest BCUT2D eigenvalue weighted by molar-refractivity contribution is 5.95. The van der Waals surface area contributed by atoms with E-state index in [9.17, 15) is 4.79 Å². The number of ether oxygens (including phenoxy) is 1. The molecule has 1 saturated heterocycles. The van der Waals surface area contributed by atoms with E-state index in [-0.39, 0.29) is 11.6 Å². The Balaban J connectivity index is 2.11. The average molecular weight is 217 g/mol. The van der Waals surface area contributed by atoms with Crippen LogP contribution in [0.2, 0.25) is 0 Å². The van der Waals surface area contributed by atoms with E-state index in [2.05, 4.69) is 17.4 Å². The number of rotatable bonds is 0. The minimum Gasteiger partial charge on any atom is -0.450 e. The van der Waals surface area contributed by atoms with Gasteiger partial charge in [0, 0.05) is 18.4 Å². The van der Waals surface area contributed by atoms with Crippen molar-refractivity contribution in [3.05, 3.63) is 34.9 Å². The first kappa shape index (κ1) is 9.85. The Morgan fingerprint density at radius 2 is 2.06 bits per heavy atom. The summed E-state index contributed by atoms with van der Waals surface area (Å²) in [5.41, 5.74) is 2.62. The van der Waals surface area contributed by atoms with Gasteiger partial charge in [0.1, 0.15) is 5.60 Å². The van der Waals surface area contributed by atoms with Crippen molar-refractivity contribution >= 4 is 5.97 Å². The summed E-state index contributed by atoms with van der Waals surface area (Å²) in [5, 5.41) is 3.30. The number of carbonyl (C=O) groups is 1. The number of nitrogens with one attached hydrogen (secondary N) is 1. The molecule has 0 bridgehead atoms. The molecule has 1 fully saturated rings. The number of carbonyl (C=O) groups excluding carboxylic acids is 1. The zero-order chi connectivity index (χ0) is 11.2. The smallest absolute Gasteiger partial charge is 0.339 e. The molecule has 2 aliphatic rings. The summed E-state index contributed by atoms with van der Waals surface area (Å²) in [5.74, 6) is -0.152. The Labute approximate surface area is 94.8 Å². The van der Waals surface area contributed by atoms with E-state index in [4.69, 9.17) is 4.74 Å². The number of fused-ring (bicyclic) bond motifs is 2. The fourth-order valence-electron chi connectivity index (χ4n) is 2.71. The van der Waals surface area contributed by atoms with Crippen molar-refractivity contribution in [2.24, 2.45) is 0 Å². The van der Waals surface area contributed by atoms with Crippen molar-refractivity contribution in [1.82, 2.24) is 5.32 Å². The topological polar surface area (TPSA) is 38.3 Å². The van der Waals surface area contributed by atoms with E-state index in [1.54, 1.807) is 0 Å². The molecular weight excluding hydrogens is 202 g/mol. The SMILES string of the molecule is Cc1ccc2c(c1)C(=O)OC21CCNCC1. The standard InChI is InChI=1S/C13H15NO2/c1-9-2-3-11-10(8-9)12(15)16-13(11)4-6-14-7-5-13/h2-3,8,14H,4-7H2,1H3. The van der Waals surface area contributed by atoms with Crippen molar-refractivity contribution in [3.63, 3.8) is 0 Å². The molecule has 0 aliphatic carbocycles. The van der Waals surface area contributed by atoms with Crippen molar-refractivity contribution in [2.75, 3.05) is 13.1 Å². The molecule has 1 N–H and O–H groups in total. The lowest BCUT2D eigenvalue weighted by Crippen LogP contribution is -2.39. The molecule has 3 heteroatoms. The molecule has 1 aromatic rings. The number of piperidine rings is 1. The molecule has 84 valence electrons. The van der Waals surface area contributed by atoms with Crippen molar-refractivity contribution in [1.29, 1.82) is 0 Å². The first-order valence-corrected chi connectivity index (χ1v) is 5.76. The van der Waals surface area contributed by atoms with Crippen LogP contribution in [0.3, 0.4) is 0 Å². The molecule has 1 aromatic carbocycles. The Hall–Kier alpha value is -1.35. The highest BCUT2D eigenvalue weighted by atomic mass is 16.6. The van der Waals surface area contributed by atoms with Gasteiger partial charge in [-0.05, 0) is 26.1 Å². The highest BCUT2D eigenvalue weighted by Gasteiger charge is 2.45. The van der Waals surface area contributed by atoms with Gasteiger partial charge in [-0.25, -0.2) is 4.79 Å². The summed E-state index contributed by atoms with van der Waals surface area (Å²) in [6.07, 6.45) is 1.77. The van der Waals surface area contributed by atoms with Gasteiger partial charge >= 0.3 is 5.97 Å². The molecule has 3 nitrogen and oxygen atoms in total. The third kappa shape index (κ3) is 1.28. The molecule has 0 amide bonds. The van der Waals surface area contributed by atoms with Crippen LogP contribution in [0, 0.1) is 6.92 Å². The van der Waals surface area contributed by atoms with E-state index in [0.29, 0.717) is 0 Å². The van der Waals surface area contributed by atoms with Gasteiger partial charge in [-0.2, -0.15) is 0 Å². The van der Waals surface area contributed by atoms with Crippen LogP contribution in [0.15, 0.2) is 18.2 Å². The lowest BCUT2D eigenvalue weighted by atomic mass is 9.84. The van der Waals surface area contributed by atoms with Crippen LogP contribution in [0.25, 0.3) is 0 Å². The van der Waals surface area contributed by atoms with Gasteiger partial charge in [0.25, 0.3) is 0 Å². The number of benzene rings is 1. The first-order valence-electron chi connectivity index (χ1n) is 5.76. The van der Waals surface area contributed by atoms with E-state index in [1.165, 1.54) is 0 Å². The van der Waals surface area contributed by atoms with Gasteiger partial charge in [-0.15, -0.1) is 0 Å². The molecule has 2 heterocycles. The number of esters is 1. The minimum atomic E-state index is -0.342. The Kier molecular flexibility index (Phi) is 2.04. The maximum absolute atomic E-state index is 11.8. The number of aryl methyl sites for hydroxylation is 1. The number of hydrogen-bond acceptors (Lipinski definition) is 3. The fourth-order valence-corrected chi connectivity index (χ4v) is 2.71. The molecule has 0 aromatic heterocycles. The monoisotopic (exact) mass is 217 g/mol. The second-order valence-corrected chi connectivity index (χ2v) is 4.68. The zero-order valence-corrected chi connectivity index (χ0v) is 9.38. The van der Waals surface area contributed by atoms with Gasteiger partial charge in [0.15, 0.2) is 0 Å². The molecule has 0 unspecified atom stereocenters. The van der Waals surface area contributed by atoms with Crippen LogP contribution in [0.5, 0.6) is 0 Å². The predicted molar refractivity (Wildman–Crippen MR) is 60.4 cm³/mol. The summed E-state index contributed by atoms with van der Waals surface area (Å²) < 4.78 is 5.64. The van der Waals surface area contributed by atoms with Crippen LogP contribution in [0.4, 0.5) is 0 Å². The van der Waals surface area contributed by atoms with Gasteiger partial charge in [0.2, 0.25) is 0 Å². The van der Waals surface area contributed by atoms with E-state index >= 15 is 0 Å². The van der Waals surface area contributed by atoms with Crippen LogP contribution in [-0.2, 0) is 10.3 Å². The third-order valence-electron chi connectivity index (χ3n) is 3.59. The van der Waals surface area contributed by atoms with Crippen LogP contribution < -0.4 is 5.32 Å². The molecular formula is C13H15NO2. The zero-order valence-electron chi connectivity index (χ0n) is 9.38. The van der Waals surface area contributed by atoms with E-state index < -0.39 is 0 Å². The molecule has 2 aliphatic heterocycles. The third-order valence-corrected chi connectivity index (χ3v) is 3.59. The fraction of sp³-hybridized carbons (Fsp3) is 0.462. The maximum Gasteiger partial charge on any atom is 0.339 e. The van der Waals surface area contributed by atoms with Crippen LogP contribution in [-0.4, -0.2) is 19.1 Å². The van der Waals surface area contributed by atoms with Gasteiger partial charge < -0.3 is 10.1 Å². The van der Waals surface area contributed by atoms with Crippen molar-refractivity contribution in [2.45, 2.75) is 25.4 Å². The molecule has 1 spiro atoms. The quantitative estimate of drug-likeness (QED) is 0.673. The molecule has 0 saturated carbocycles. The largest absolute Gasteiger partial charge is 0.450 e. The predicted octanol–water partition coefficient (Wildman–Crippen LogP) is 1.74. The normalized spacial score (nSPS) is 21.9. The molecule has 3 rings (SSSR count). The number of hydrogen-bond donors (Lipinski definition) is 1. The lowest BCUT2D eigenvalue weighted by Gasteiger charge is -2.33. The Morgan fingerprint density at radius 3 is 2.81 bits per heavy atom. The highest BCUT2D eigenvalue weighted by Crippen LogP contribution is 2.42. The summed E-state index contributed by atoms with van der Waals surface area (Å²) in [7, 11) is 0. The van der Waals surface area contributed by atoms with E-state index in [1.807, 2.05) is 13.0 Å². The second kappa shape index (κ2) is 3.32. The summed E-state index contributed by atoms with van der Waals surface area (Å²) >= 11 is 0. The average Bonchev–Trinajstić information content (AvgIpc) is 2.53. The van der Waals surface area contributed by atoms with Crippen molar-refractivity contribution in [3.8, 4) is 0 Å². The maximum atomic E-state index is 11.8. The summed E-state index contributed by atoms with van der Waals surface area (Å²) in [6.45, 7) is 3.84. The Bertz CT molecular complexity index is 447. The van der Waals surface area contributed by atoms with Gasteiger partial charge in [-0.1, -0.05) is 17.7 Å². The van der Waals surface area contributed by atoms with Crippen molar-refractivity contribution < 1.29 is 9.53 Å². The first-order chi connectivity index (χ1) is 7.71. The molecule has 0 atom stereocenters. The van der Waals surface area contributed by atoms with E-state index in [0.717, 1.165) is 42.6 Å². The van der Waals surface area contributed by atoms with Crippen LogP contribution in [0.1, 0.15) is 34.3 Å². The van der Waals surface area contributed by atoms with Gasteiger partial charge in [-0.3, -0.25) is 0 Å². The minimum absolute atomic E-state index is 0.152. The molecule has 16 heavy (non-hydrogen) atoms. The summed E-state index contributed by atoms with van der Waals surface area (Å²) in [6, 6.07) is 6.06. The Morgan fingerprint density at radius 1 is 1.31 bits per heavy atom. The molecule has 0 radical (unpaired) electrons. The van der Waals surface area contributed by atoms with Gasteiger partial charge in [0.05, 0.1) is 5.56 Å². The van der Waals surface area contributed by atoms with Crippen LogP contribution >= 0.6 is 0 Å². The summed E-state index contributed by atoms with van der Waals surface area (Å²) in [4.78, 5) is 11.8. The second-order valence-electron chi connectivity index (χ2n) is 4.68.